The van der Waals surface area contributed by atoms with Crippen LogP contribution in [-0.4, -0.2) is 47.2 Å². The summed E-state index contributed by atoms with van der Waals surface area (Å²) in [7, 11) is 0. The number of carbonyl (C=O) groups excluding carboxylic acids is 1. The van der Waals surface area contributed by atoms with Crippen molar-refractivity contribution >= 4 is 5.97 Å². The van der Waals surface area contributed by atoms with E-state index < -0.39 is 30.4 Å². The summed E-state index contributed by atoms with van der Waals surface area (Å²) in [5.74, 6) is -0.550. The smallest absolute Gasteiger partial charge is 0.330 e. The van der Waals surface area contributed by atoms with Gasteiger partial charge >= 0.3 is 5.97 Å². The molecule has 0 unspecified atom stereocenters. The van der Waals surface area contributed by atoms with Crippen LogP contribution in [0, 0.1) is 0 Å². The van der Waals surface area contributed by atoms with Crippen LogP contribution in [0.3, 0.4) is 0 Å². The zero-order chi connectivity index (χ0) is 11.4. The van der Waals surface area contributed by atoms with E-state index in [9.17, 15) is 15.0 Å². The second-order valence-corrected chi connectivity index (χ2v) is 3.50. The van der Waals surface area contributed by atoms with Crippen LogP contribution in [0.2, 0.25) is 0 Å². The van der Waals surface area contributed by atoms with Crippen molar-refractivity contribution in [3.63, 3.8) is 0 Å². The van der Waals surface area contributed by atoms with E-state index in [0.717, 1.165) is 0 Å². The van der Waals surface area contributed by atoms with Crippen molar-refractivity contribution in [2.45, 2.75) is 38.3 Å². The highest BCUT2D eigenvalue weighted by molar-refractivity contribution is 5.82. The molecule has 2 N–H and O–H groups in total. The molecule has 4 atom stereocenters. The number of allylic oxidation sites excluding steroid dienone is 1. The van der Waals surface area contributed by atoms with E-state index in [0.29, 0.717) is 0 Å². The Labute approximate surface area is 88.3 Å². The number of rotatable bonds is 2. The fourth-order valence-corrected chi connectivity index (χ4v) is 1.42. The quantitative estimate of drug-likeness (QED) is 0.486. The summed E-state index contributed by atoms with van der Waals surface area (Å²) < 4.78 is 10.1. The molecule has 0 saturated carbocycles. The van der Waals surface area contributed by atoms with Crippen molar-refractivity contribution in [2.24, 2.45) is 0 Å². The van der Waals surface area contributed by atoms with E-state index in [2.05, 4.69) is 0 Å². The Hall–Kier alpha value is -0.910. The molecule has 0 aromatic rings. The first-order valence-corrected chi connectivity index (χ1v) is 4.87. The maximum absolute atomic E-state index is 11.2. The molecule has 0 aromatic carbocycles. The fourth-order valence-electron chi connectivity index (χ4n) is 1.42. The van der Waals surface area contributed by atoms with Gasteiger partial charge in [0.2, 0.25) is 0 Å². The average molecular weight is 216 g/mol. The molecule has 1 saturated heterocycles. The minimum Gasteiger partial charge on any atom is -0.454 e. The molecule has 0 radical (unpaired) electrons. The van der Waals surface area contributed by atoms with E-state index in [1.165, 1.54) is 6.08 Å². The molecule has 1 heterocycles. The lowest BCUT2D eigenvalue weighted by molar-refractivity contribution is -0.201. The SMILES string of the molecule is C/C=C\C(=O)O[C@@H]1[C@@H](O)[C@@H](O)CO[C@H]1C. The van der Waals surface area contributed by atoms with Crippen molar-refractivity contribution < 1.29 is 24.5 Å². The summed E-state index contributed by atoms with van der Waals surface area (Å²) in [4.78, 5) is 11.2. The van der Waals surface area contributed by atoms with Crippen LogP contribution in [0.4, 0.5) is 0 Å². The van der Waals surface area contributed by atoms with Crippen LogP contribution >= 0.6 is 0 Å². The van der Waals surface area contributed by atoms with Gasteiger partial charge in [0.15, 0.2) is 6.10 Å². The van der Waals surface area contributed by atoms with Gasteiger partial charge in [0, 0.05) is 6.08 Å². The molecule has 1 fully saturated rings. The first kappa shape index (κ1) is 12.2. The van der Waals surface area contributed by atoms with E-state index in [4.69, 9.17) is 9.47 Å². The van der Waals surface area contributed by atoms with Gasteiger partial charge in [0.05, 0.1) is 12.7 Å². The van der Waals surface area contributed by atoms with Crippen LogP contribution in [-0.2, 0) is 14.3 Å². The summed E-state index contributed by atoms with van der Waals surface area (Å²) in [6.45, 7) is 3.43. The topological polar surface area (TPSA) is 76.0 Å². The minimum atomic E-state index is -1.09. The summed E-state index contributed by atoms with van der Waals surface area (Å²) in [6.07, 6.45) is -0.553. The van der Waals surface area contributed by atoms with Gasteiger partial charge in [-0.25, -0.2) is 4.79 Å². The number of carbonyl (C=O) groups is 1. The molecule has 5 heteroatoms. The average Bonchev–Trinajstić information content (AvgIpc) is 2.19. The molecule has 1 aliphatic heterocycles. The zero-order valence-electron chi connectivity index (χ0n) is 8.79. The standard InChI is InChI=1S/C10H16O5/c1-3-4-8(12)15-10-6(2)14-5-7(11)9(10)13/h3-4,6-7,9-11,13H,5H2,1-2H3/b4-3-/t6-,7-,9-,10-/m0/s1. The van der Waals surface area contributed by atoms with Gasteiger partial charge < -0.3 is 19.7 Å². The van der Waals surface area contributed by atoms with Crippen LogP contribution in [0.1, 0.15) is 13.8 Å². The zero-order valence-corrected chi connectivity index (χ0v) is 8.79. The summed E-state index contributed by atoms with van der Waals surface area (Å²) in [5.41, 5.74) is 0. The molecule has 0 aromatic heterocycles. The fraction of sp³-hybridized carbons (Fsp3) is 0.700. The molecule has 15 heavy (non-hydrogen) atoms. The largest absolute Gasteiger partial charge is 0.454 e. The lowest BCUT2D eigenvalue weighted by Crippen LogP contribution is -2.53. The van der Waals surface area contributed by atoms with Gasteiger partial charge in [-0.1, -0.05) is 6.08 Å². The van der Waals surface area contributed by atoms with Crippen LogP contribution in [0.15, 0.2) is 12.2 Å². The Morgan fingerprint density at radius 3 is 2.80 bits per heavy atom. The number of hydrogen-bond donors (Lipinski definition) is 2. The molecule has 1 rings (SSSR count). The maximum Gasteiger partial charge on any atom is 0.330 e. The lowest BCUT2D eigenvalue weighted by Gasteiger charge is -2.35. The van der Waals surface area contributed by atoms with E-state index >= 15 is 0 Å². The van der Waals surface area contributed by atoms with Crippen molar-refractivity contribution in [1.29, 1.82) is 0 Å². The van der Waals surface area contributed by atoms with Crippen LogP contribution in [0.25, 0.3) is 0 Å². The van der Waals surface area contributed by atoms with Gasteiger partial charge in [0.1, 0.15) is 12.2 Å². The van der Waals surface area contributed by atoms with E-state index in [1.54, 1.807) is 19.9 Å². The number of esters is 1. The van der Waals surface area contributed by atoms with Crippen molar-refractivity contribution in [2.75, 3.05) is 6.61 Å². The Morgan fingerprint density at radius 2 is 2.20 bits per heavy atom. The monoisotopic (exact) mass is 216 g/mol. The number of ether oxygens (including phenoxy) is 2. The second kappa shape index (κ2) is 5.25. The molecule has 1 aliphatic rings. The molecule has 0 aliphatic carbocycles. The number of aliphatic hydroxyl groups is 2. The molecule has 0 bridgehead atoms. The lowest BCUT2D eigenvalue weighted by atomic mass is 10.0. The summed E-state index contributed by atoms with van der Waals surface area (Å²) in [6, 6.07) is 0. The first-order valence-electron chi connectivity index (χ1n) is 4.87. The van der Waals surface area contributed by atoms with Gasteiger partial charge in [-0.05, 0) is 13.8 Å². The normalized spacial score (nSPS) is 36.8. The predicted octanol–water partition coefficient (Wildman–Crippen LogP) is -0.385. The van der Waals surface area contributed by atoms with E-state index in [-0.39, 0.29) is 6.61 Å². The Kier molecular flexibility index (Phi) is 4.26. The molecular weight excluding hydrogens is 200 g/mol. The highest BCUT2D eigenvalue weighted by Gasteiger charge is 2.38. The Bertz CT molecular complexity index is 250. The predicted molar refractivity (Wildman–Crippen MR) is 52.1 cm³/mol. The van der Waals surface area contributed by atoms with Gasteiger partial charge in [-0.2, -0.15) is 0 Å². The molecule has 86 valence electrons. The Morgan fingerprint density at radius 1 is 1.53 bits per heavy atom. The Balaban J connectivity index is 2.60. The minimum absolute atomic E-state index is 0.0556. The molecule has 5 nitrogen and oxygen atoms in total. The molecule has 0 spiro atoms. The second-order valence-electron chi connectivity index (χ2n) is 3.50. The molecule has 0 amide bonds. The first-order chi connectivity index (χ1) is 7.06. The highest BCUT2D eigenvalue weighted by atomic mass is 16.6. The summed E-state index contributed by atoms with van der Waals surface area (Å²) >= 11 is 0. The number of hydrogen-bond acceptors (Lipinski definition) is 5. The maximum atomic E-state index is 11.2. The molecular formula is C10H16O5. The van der Waals surface area contributed by atoms with Gasteiger partial charge in [-0.3, -0.25) is 0 Å². The third-order valence-corrected chi connectivity index (χ3v) is 2.28. The van der Waals surface area contributed by atoms with Gasteiger partial charge in [-0.15, -0.1) is 0 Å². The third-order valence-electron chi connectivity index (χ3n) is 2.28. The van der Waals surface area contributed by atoms with Crippen LogP contribution in [0.5, 0.6) is 0 Å². The van der Waals surface area contributed by atoms with Crippen molar-refractivity contribution in [3.8, 4) is 0 Å². The van der Waals surface area contributed by atoms with Crippen molar-refractivity contribution in [3.05, 3.63) is 12.2 Å². The third kappa shape index (κ3) is 3.02. The number of aliphatic hydroxyl groups excluding tert-OH is 2. The van der Waals surface area contributed by atoms with E-state index in [1.807, 2.05) is 0 Å². The van der Waals surface area contributed by atoms with Crippen molar-refractivity contribution in [1.82, 2.24) is 0 Å². The highest BCUT2D eigenvalue weighted by Crippen LogP contribution is 2.18. The summed E-state index contributed by atoms with van der Waals surface area (Å²) in [5, 5.41) is 18.9. The van der Waals surface area contributed by atoms with Gasteiger partial charge in [0.25, 0.3) is 0 Å². The van der Waals surface area contributed by atoms with Crippen LogP contribution < -0.4 is 0 Å².